The molecule has 1 aliphatic heterocycles. The van der Waals surface area contributed by atoms with Crippen molar-refractivity contribution >= 4 is 17.1 Å². The first-order chi connectivity index (χ1) is 5.81. The first-order valence-corrected chi connectivity index (χ1v) is 5.43. The molecule has 2 fully saturated rings. The van der Waals surface area contributed by atoms with Gasteiger partial charge >= 0.3 is 0 Å². The molecule has 1 heterocycles. The van der Waals surface area contributed by atoms with Crippen molar-refractivity contribution in [3.63, 3.8) is 0 Å². The minimum absolute atomic E-state index is 0.0208. The Balaban J connectivity index is 2.26. The van der Waals surface area contributed by atoms with Crippen LogP contribution in [0.4, 0.5) is 0 Å². The molecule has 2 aliphatic rings. The number of ether oxygens (including phenoxy) is 1. The Morgan fingerprint density at radius 2 is 1.85 bits per heavy atom. The summed E-state index contributed by atoms with van der Waals surface area (Å²) in [6, 6.07) is 0. The third-order valence-electron chi connectivity index (χ3n) is 4.39. The lowest BCUT2D eigenvalue weighted by Gasteiger charge is -2.65. The Hall–Kier alpha value is 0.0500. The zero-order valence-corrected chi connectivity index (χ0v) is 9.75. The summed E-state index contributed by atoms with van der Waals surface area (Å²) < 4.78 is 6.07. The lowest BCUT2D eigenvalue weighted by molar-refractivity contribution is -0.350. The van der Waals surface area contributed by atoms with Crippen LogP contribution in [0, 0.1) is 5.41 Å². The standard InChI is InChI=1S/C11H18OS/c1-9(2)10(3,4)12-11(9)6-5-8(13)7-11/h5-7H2,1-4H3. The van der Waals surface area contributed by atoms with Crippen LogP contribution in [0.15, 0.2) is 0 Å². The van der Waals surface area contributed by atoms with Crippen LogP contribution in [-0.2, 0) is 4.74 Å². The number of hydrogen-bond acceptors (Lipinski definition) is 2. The van der Waals surface area contributed by atoms with Crippen LogP contribution in [0.2, 0.25) is 0 Å². The summed E-state index contributed by atoms with van der Waals surface area (Å²) in [6.07, 6.45) is 3.20. The minimum atomic E-state index is 0.0208. The fourth-order valence-electron chi connectivity index (χ4n) is 2.70. The molecule has 2 heteroatoms. The molecule has 2 rings (SSSR count). The van der Waals surface area contributed by atoms with E-state index in [1.54, 1.807) is 0 Å². The van der Waals surface area contributed by atoms with Crippen molar-refractivity contribution in [3.05, 3.63) is 0 Å². The van der Waals surface area contributed by atoms with Crippen molar-refractivity contribution in [1.29, 1.82) is 0 Å². The lowest BCUT2D eigenvalue weighted by Crippen LogP contribution is -2.70. The molecular weight excluding hydrogens is 180 g/mol. The van der Waals surface area contributed by atoms with Gasteiger partial charge in [0.15, 0.2) is 0 Å². The van der Waals surface area contributed by atoms with E-state index in [1.807, 2.05) is 0 Å². The molecule has 1 nitrogen and oxygen atoms in total. The Bertz CT molecular complexity index is 267. The summed E-state index contributed by atoms with van der Waals surface area (Å²) in [5, 5.41) is 0. The van der Waals surface area contributed by atoms with Gasteiger partial charge in [-0.2, -0.15) is 0 Å². The zero-order valence-electron chi connectivity index (χ0n) is 8.94. The molecule has 1 saturated carbocycles. The number of thiocarbonyl (C=S) groups is 1. The maximum Gasteiger partial charge on any atom is 0.0816 e. The minimum Gasteiger partial charge on any atom is -0.367 e. The molecule has 1 aliphatic carbocycles. The van der Waals surface area contributed by atoms with E-state index < -0.39 is 0 Å². The second-order valence-corrected chi connectivity index (χ2v) is 6.02. The first kappa shape index (κ1) is 9.60. The van der Waals surface area contributed by atoms with Gasteiger partial charge in [0.05, 0.1) is 11.2 Å². The molecule has 0 aromatic heterocycles. The van der Waals surface area contributed by atoms with Gasteiger partial charge in [-0.05, 0) is 31.6 Å². The summed E-state index contributed by atoms with van der Waals surface area (Å²) in [7, 11) is 0. The first-order valence-electron chi connectivity index (χ1n) is 5.03. The monoisotopic (exact) mass is 198 g/mol. The normalized spacial score (nSPS) is 40.8. The summed E-state index contributed by atoms with van der Waals surface area (Å²) in [5.74, 6) is 0. The van der Waals surface area contributed by atoms with Crippen molar-refractivity contribution < 1.29 is 4.74 Å². The maximum atomic E-state index is 6.07. The quantitative estimate of drug-likeness (QED) is 0.553. The van der Waals surface area contributed by atoms with Crippen molar-refractivity contribution in [1.82, 2.24) is 0 Å². The van der Waals surface area contributed by atoms with E-state index in [1.165, 1.54) is 4.86 Å². The highest BCUT2D eigenvalue weighted by Crippen LogP contribution is 2.62. The third kappa shape index (κ3) is 0.991. The summed E-state index contributed by atoms with van der Waals surface area (Å²) >= 11 is 5.27. The molecule has 1 saturated heterocycles. The molecule has 0 aromatic rings. The topological polar surface area (TPSA) is 9.23 Å². The van der Waals surface area contributed by atoms with Crippen LogP contribution < -0.4 is 0 Å². The van der Waals surface area contributed by atoms with Crippen molar-refractivity contribution in [2.45, 2.75) is 58.2 Å². The average molecular weight is 198 g/mol. The van der Waals surface area contributed by atoms with Gasteiger partial charge in [-0.3, -0.25) is 0 Å². The molecule has 13 heavy (non-hydrogen) atoms. The predicted octanol–water partition coefficient (Wildman–Crippen LogP) is 3.11. The smallest absolute Gasteiger partial charge is 0.0816 e. The molecule has 0 bridgehead atoms. The van der Waals surface area contributed by atoms with Gasteiger partial charge in [-0.1, -0.05) is 26.1 Å². The highest BCUT2D eigenvalue weighted by Gasteiger charge is 2.67. The van der Waals surface area contributed by atoms with Gasteiger partial charge in [0, 0.05) is 11.8 Å². The second kappa shape index (κ2) is 2.34. The Labute approximate surface area is 85.8 Å². The number of hydrogen-bond donors (Lipinski definition) is 0. The molecule has 0 aromatic carbocycles. The van der Waals surface area contributed by atoms with Gasteiger partial charge in [-0.15, -0.1) is 0 Å². The Morgan fingerprint density at radius 3 is 2.15 bits per heavy atom. The molecule has 74 valence electrons. The van der Waals surface area contributed by atoms with Gasteiger partial charge in [0.1, 0.15) is 0 Å². The molecular formula is C11H18OS. The largest absolute Gasteiger partial charge is 0.367 e. The fraction of sp³-hybridized carbons (Fsp3) is 0.909. The Kier molecular flexibility index (Phi) is 1.73. The molecule has 1 spiro atoms. The predicted molar refractivity (Wildman–Crippen MR) is 58.1 cm³/mol. The maximum absolute atomic E-state index is 6.07. The van der Waals surface area contributed by atoms with Crippen LogP contribution in [0.25, 0.3) is 0 Å². The molecule has 0 radical (unpaired) electrons. The van der Waals surface area contributed by atoms with E-state index in [9.17, 15) is 0 Å². The summed E-state index contributed by atoms with van der Waals surface area (Å²) in [4.78, 5) is 1.20. The fourth-order valence-corrected chi connectivity index (χ4v) is 3.04. The molecule has 0 N–H and O–H groups in total. The van der Waals surface area contributed by atoms with E-state index in [-0.39, 0.29) is 16.6 Å². The van der Waals surface area contributed by atoms with Crippen LogP contribution in [0.1, 0.15) is 47.0 Å². The molecule has 1 atom stereocenters. The second-order valence-electron chi connectivity index (χ2n) is 5.45. The lowest BCUT2D eigenvalue weighted by atomic mass is 9.58. The average Bonchev–Trinajstić information content (AvgIpc) is 2.33. The summed E-state index contributed by atoms with van der Waals surface area (Å²) in [5.41, 5.74) is 0.362. The SMILES string of the molecule is CC1(C)OC2(CCC(=S)C2)C1(C)C. The van der Waals surface area contributed by atoms with E-state index in [0.717, 1.165) is 19.3 Å². The van der Waals surface area contributed by atoms with Gasteiger partial charge in [0.2, 0.25) is 0 Å². The van der Waals surface area contributed by atoms with Gasteiger partial charge < -0.3 is 4.74 Å². The highest BCUT2D eigenvalue weighted by atomic mass is 32.1. The Morgan fingerprint density at radius 1 is 1.23 bits per heavy atom. The van der Waals surface area contributed by atoms with Crippen molar-refractivity contribution in [2.75, 3.05) is 0 Å². The third-order valence-corrected chi connectivity index (χ3v) is 4.73. The van der Waals surface area contributed by atoms with Crippen molar-refractivity contribution in [2.24, 2.45) is 5.41 Å². The zero-order chi connectivity index (χ0) is 9.91. The van der Waals surface area contributed by atoms with Crippen molar-refractivity contribution in [3.8, 4) is 0 Å². The van der Waals surface area contributed by atoms with Gasteiger partial charge in [0.25, 0.3) is 0 Å². The molecule has 1 unspecified atom stereocenters. The number of rotatable bonds is 0. The van der Waals surface area contributed by atoms with E-state index in [4.69, 9.17) is 17.0 Å². The molecule has 0 amide bonds. The van der Waals surface area contributed by atoms with Gasteiger partial charge in [-0.25, -0.2) is 0 Å². The van der Waals surface area contributed by atoms with Crippen LogP contribution in [0.3, 0.4) is 0 Å². The highest BCUT2D eigenvalue weighted by molar-refractivity contribution is 7.80. The van der Waals surface area contributed by atoms with E-state index >= 15 is 0 Å². The van der Waals surface area contributed by atoms with Crippen LogP contribution in [0.5, 0.6) is 0 Å². The van der Waals surface area contributed by atoms with E-state index in [0.29, 0.717) is 0 Å². The van der Waals surface area contributed by atoms with Crippen LogP contribution >= 0.6 is 12.2 Å². The van der Waals surface area contributed by atoms with Crippen LogP contribution in [-0.4, -0.2) is 16.1 Å². The van der Waals surface area contributed by atoms with E-state index in [2.05, 4.69) is 27.7 Å². The summed E-state index contributed by atoms with van der Waals surface area (Å²) in [6.45, 7) is 8.98.